The Labute approximate surface area is 177 Å². The molecule has 0 saturated carbocycles. The number of amides is 1. The number of halogens is 1. The molecule has 0 atom stereocenters. The highest BCUT2D eigenvalue weighted by Gasteiger charge is 2.22. The number of ether oxygens (including phenoxy) is 1. The second-order valence-electron chi connectivity index (χ2n) is 6.57. The van der Waals surface area contributed by atoms with Crippen LogP contribution in [0.4, 0.5) is 5.13 Å². The molecule has 0 unspecified atom stereocenters. The van der Waals surface area contributed by atoms with Gasteiger partial charge < -0.3 is 4.74 Å². The zero-order valence-corrected chi connectivity index (χ0v) is 17.9. The minimum atomic E-state index is -0.345. The van der Waals surface area contributed by atoms with E-state index in [1.165, 1.54) is 11.3 Å². The van der Waals surface area contributed by atoms with Crippen LogP contribution in [0.15, 0.2) is 35.8 Å². The largest absolute Gasteiger partial charge is 0.466 e. The standard InChI is InChI=1S/C20H21ClN4O3S/c1-4-28-17(26)9-14-11-29-20(23-14)24-19(27)16-10-22-25(18(16)12(2)3)15-7-5-13(21)6-8-15/h5-8,10-12H,4,9H2,1-3H3,(H,23,24,27). The highest BCUT2D eigenvalue weighted by atomic mass is 35.5. The van der Waals surface area contributed by atoms with Crippen molar-refractivity contribution in [2.75, 3.05) is 11.9 Å². The van der Waals surface area contributed by atoms with Gasteiger partial charge in [-0.05, 0) is 37.1 Å². The number of thiazole rings is 1. The van der Waals surface area contributed by atoms with Crippen molar-refractivity contribution in [3.63, 3.8) is 0 Å². The number of rotatable bonds is 7. The highest BCUT2D eigenvalue weighted by Crippen LogP contribution is 2.25. The van der Waals surface area contributed by atoms with Crippen LogP contribution >= 0.6 is 22.9 Å². The number of hydrogen-bond donors (Lipinski definition) is 1. The number of benzene rings is 1. The lowest BCUT2D eigenvalue weighted by Crippen LogP contribution is -2.15. The van der Waals surface area contributed by atoms with Crippen molar-refractivity contribution < 1.29 is 14.3 Å². The average Bonchev–Trinajstić information content (AvgIpc) is 3.29. The van der Waals surface area contributed by atoms with Crippen molar-refractivity contribution in [2.45, 2.75) is 33.1 Å². The lowest BCUT2D eigenvalue weighted by atomic mass is 10.1. The Bertz CT molecular complexity index is 1010. The summed E-state index contributed by atoms with van der Waals surface area (Å²) in [6.07, 6.45) is 1.62. The van der Waals surface area contributed by atoms with Gasteiger partial charge in [-0.15, -0.1) is 11.3 Å². The molecule has 2 aromatic heterocycles. The number of nitrogens with one attached hydrogen (secondary N) is 1. The average molecular weight is 433 g/mol. The van der Waals surface area contributed by atoms with Crippen LogP contribution in [-0.2, 0) is 16.0 Å². The van der Waals surface area contributed by atoms with E-state index in [4.69, 9.17) is 16.3 Å². The summed E-state index contributed by atoms with van der Waals surface area (Å²) >= 11 is 7.23. The summed E-state index contributed by atoms with van der Waals surface area (Å²) in [6, 6.07) is 7.27. The Hall–Kier alpha value is -2.71. The molecule has 1 amide bonds. The molecule has 0 bridgehead atoms. The smallest absolute Gasteiger partial charge is 0.311 e. The van der Waals surface area contributed by atoms with E-state index >= 15 is 0 Å². The van der Waals surface area contributed by atoms with Crippen molar-refractivity contribution in [3.8, 4) is 5.69 Å². The minimum absolute atomic E-state index is 0.0598. The van der Waals surface area contributed by atoms with Crippen LogP contribution in [0.5, 0.6) is 0 Å². The van der Waals surface area contributed by atoms with Gasteiger partial charge >= 0.3 is 5.97 Å². The van der Waals surface area contributed by atoms with Crippen LogP contribution in [0, 0.1) is 0 Å². The predicted octanol–water partition coefficient (Wildman–Crippen LogP) is 4.46. The van der Waals surface area contributed by atoms with Gasteiger partial charge in [0, 0.05) is 10.4 Å². The molecular weight excluding hydrogens is 412 g/mol. The Kier molecular flexibility index (Phi) is 6.66. The first kappa shape index (κ1) is 21.0. The number of hydrogen-bond acceptors (Lipinski definition) is 6. The number of nitrogens with zero attached hydrogens (tertiary/aromatic N) is 3. The van der Waals surface area contributed by atoms with Gasteiger partial charge in [-0.1, -0.05) is 25.4 Å². The molecule has 2 heterocycles. The molecule has 1 aromatic carbocycles. The first-order valence-electron chi connectivity index (χ1n) is 9.14. The van der Waals surface area contributed by atoms with E-state index in [0.717, 1.165) is 11.4 Å². The lowest BCUT2D eigenvalue weighted by Gasteiger charge is -2.12. The summed E-state index contributed by atoms with van der Waals surface area (Å²) in [5.41, 5.74) is 2.64. The maximum absolute atomic E-state index is 12.9. The summed E-state index contributed by atoms with van der Waals surface area (Å²) in [4.78, 5) is 28.7. The fraction of sp³-hybridized carbons (Fsp3) is 0.300. The molecule has 29 heavy (non-hydrogen) atoms. The summed E-state index contributed by atoms with van der Waals surface area (Å²) < 4.78 is 6.66. The van der Waals surface area contributed by atoms with E-state index in [-0.39, 0.29) is 24.2 Å². The summed E-state index contributed by atoms with van der Waals surface area (Å²) in [5.74, 6) is -0.586. The van der Waals surface area contributed by atoms with E-state index in [1.807, 2.05) is 26.0 Å². The number of esters is 1. The Morgan fingerprint density at radius 1 is 1.28 bits per heavy atom. The maximum atomic E-state index is 12.9. The zero-order chi connectivity index (χ0) is 21.0. The Balaban J connectivity index is 1.80. The second-order valence-corrected chi connectivity index (χ2v) is 7.86. The summed E-state index contributed by atoms with van der Waals surface area (Å²) in [7, 11) is 0. The fourth-order valence-electron chi connectivity index (χ4n) is 2.85. The van der Waals surface area contributed by atoms with Crippen LogP contribution in [0.3, 0.4) is 0 Å². The van der Waals surface area contributed by atoms with Gasteiger partial charge in [-0.3, -0.25) is 14.9 Å². The third-order valence-corrected chi connectivity index (χ3v) is 5.13. The molecule has 3 aromatic rings. The van der Waals surface area contributed by atoms with E-state index in [0.29, 0.717) is 28.0 Å². The molecule has 0 spiro atoms. The predicted molar refractivity (Wildman–Crippen MR) is 113 cm³/mol. The normalized spacial score (nSPS) is 10.9. The molecule has 152 valence electrons. The van der Waals surface area contributed by atoms with Gasteiger partial charge in [0.15, 0.2) is 5.13 Å². The van der Waals surface area contributed by atoms with Crippen molar-refractivity contribution >= 4 is 39.9 Å². The monoisotopic (exact) mass is 432 g/mol. The van der Waals surface area contributed by atoms with Gasteiger partial charge in [0.1, 0.15) is 0 Å². The molecule has 3 rings (SSSR count). The van der Waals surface area contributed by atoms with Crippen molar-refractivity contribution in [2.24, 2.45) is 0 Å². The second kappa shape index (κ2) is 9.19. The molecule has 0 aliphatic rings. The van der Waals surface area contributed by atoms with E-state index in [9.17, 15) is 9.59 Å². The third kappa shape index (κ3) is 5.02. The molecule has 9 heteroatoms. The third-order valence-electron chi connectivity index (χ3n) is 4.07. The topological polar surface area (TPSA) is 86.1 Å². The molecule has 0 saturated heterocycles. The van der Waals surface area contributed by atoms with Crippen LogP contribution in [0.25, 0.3) is 5.69 Å². The number of anilines is 1. The Morgan fingerprint density at radius 2 is 2.00 bits per heavy atom. The fourth-order valence-corrected chi connectivity index (χ4v) is 3.68. The van der Waals surface area contributed by atoms with Gasteiger partial charge in [-0.25, -0.2) is 9.67 Å². The molecule has 7 nitrogen and oxygen atoms in total. The molecule has 0 radical (unpaired) electrons. The zero-order valence-electron chi connectivity index (χ0n) is 16.3. The molecule has 0 aliphatic heterocycles. The van der Waals surface area contributed by atoms with Gasteiger partial charge in [0.2, 0.25) is 0 Å². The van der Waals surface area contributed by atoms with Crippen LogP contribution in [0.2, 0.25) is 5.02 Å². The van der Waals surface area contributed by atoms with E-state index in [1.54, 1.807) is 35.3 Å². The van der Waals surface area contributed by atoms with Crippen molar-refractivity contribution in [1.82, 2.24) is 14.8 Å². The van der Waals surface area contributed by atoms with Crippen molar-refractivity contribution in [1.29, 1.82) is 0 Å². The van der Waals surface area contributed by atoms with Gasteiger partial charge in [0.05, 0.1) is 41.9 Å². The SMILES string of the molecule is CCOC(=O)Cc1csc(NC(=O)c2cnn(-c3ccc(Cl)cc3)c2C(C)C)n1. The number of carbonyl (C=O) groups excluding carboxylic acids is 2. The summed E-state index contributed by atoms with van der Waals surface area (Å²) in [6.45, 7) is 6.07. The molecule has 0 fully saturated rings. The quantitative estimate of drug-likeness (QED) is 0.557. The van der Waals surface area contributed by atoms with Crippen LogP contribution in [0.1, 0.15) is 48.4 Å². The molecular formula is C20H21ClN4O3S. The van der Waals surface area contributed by atoms with Crippen LogP contribution in [-0.4, -0.2) is 33.2 Å². The molecule has 1 N–H and O–H groups in total. The Morgan fingerprint density at radius 3 is 2.66 bits per heavy atom. The first-order valence-corrected chi connectivity index (χ1v) is 10.4. The van der Waals surface area contributed by atoms with Gasteiger partial charge in [-0.2, -0.15) is 5.10 Å². The van der Waals surface area contributed by atoms with E-state index < -0.39 is 0 Å². The van der Waals surface area contributed by atoms with Gasteiger partial charge in [0.25, 0.3) is 5.91 Å². The number of carbonyl (C=O) groups is 2. The maximum Gasteiger partial charge on any atom is 0.311 e. The summed E-state index contributed by atoms with van der Waals surface area (Å²) in [5, 5.41) is 9.98. The van der Waals surface area contributed by atoms with Crippen LogP contribution < -0.4 is 5.32 Å². The molecule has 0 aliphatic carbocycles. The highest BCUT2D eigenvalue weighted by molar-refractivity contribution is 7.14. The minimum Gasteiger partial charge on any atom is -0.466 e. The lowest BCUT2D eigenvalue weighted by molar-refractivity contribution is -0.142. The van der Waals surface area contributed by atoms with Crippen molar-refractivity contribution in [3.05, 3.63) is 57.8 Å². The number of aromatic nitrogens is 3. The van der Waals surface area contributed by atoms with E-state index in [2.05, 4.69) is 15.4 Å². The first-order chi connectivity index (χ1) is 13.9.